The molecule has 31 heavy (non-hydrogen) atoms. The number of benzene rings is 1. The van der Waals surface area contributed by atoms with E-state index in [4.69, 9.17) is 15.9 Å². The van der Waals surface area contributed by atoms with Gasteiger partial charge in [-0.15, -0.1) is 6.42 Å². The SMILES string of the molecule is C#CCN1C(=O)[C@@H]2[C@H](C(=O)NC)[C@@]3(C)C=C[C@]2(O3)[C@H]1C(=O)NCc1ccc(OC)cc1. The highest BCUT2D eigenvalue weighted by Crippen LogP contribution is 2.59. The molecule has 0 radical (unpaired) electrons. The number of fused-ring (bicyclic) bond motifs is 1. The van der Waals surface area contributed by atoms with Gasteiger partial charge in [0.1, 0.15) is 17.4 Å². The topological polar surface area (TPSA) is 97.0 Å². The summed E-state index contributed by atoms with van der Waals surface area (Å²) in [7, 11) is 3.10. The molecule has 3 amide bonds. The second kappa shape index (κ2) is 7.43. The number of methoxy groups -OCH3 is 1. The third kappa shape index (κ3) is 3.00. The first-order valence-corrected chi connectivity index (χ1v) is 10.1. The van der Waals surface area contributed by atoms with E-state index in [1.54, 1.807) is 38.3 Å². The molecule has 3 aliphatic heterocycles. The van der Waals surface area contributed by atoms with Gasteiger partial charge in [0.15, 0.2) is 0 Å². The van der Waals surface area contributed by atoms with Gasteiger partial charge in [-0.1, -0.05) is 30.2 Å². The number of carbonyl (C=O) groups is 3. The Hall–Kier alpha value is -3.31. The first-order chi connectivity index (χ1) is 14.8. The number of rotatable bonds is 6. The predicted octanol–water partition coefficient (Wildman–Crippen LogP) is 0.231. The lowest BCUT2D eigenvalue weighted by atomic mass is 9.70. The molecule has 2 fully saturated rings. The summed E-state index contributed by atoms with van der Waals surface area (Å²) in [4.78, 5) is 40.7. The van der Waals surface area contributed by atoms with Crippen molar-refractivity contribution in [2.24, 2.45) is 11.8 Å². The normalized spacial score (nSPS) is 32.5. The molecule has 1 spiro atoms. The fourth-order valence-electron chi connectivity index (χ4n) is 5.08. The molecule has 0 unspecified atom stereocenters. The number of nitrogens with one attached hydrogen (secondary N) is 2. The van der Waals surface area contributed by atoms with Crippen molar-refractivity contribution in [1.29, 1.82) is 0 Å². The van der Waals surface area contributed by atoms with Crippen molar-refractivity contribution in [3.05, 3.63) is 42.0 Å². The number of terminal acetylenes is 1. The first kappa shape index (κ1) is 20.9. The lowest BCUT2D eigenvalue weighted by Gasteiger charge is -2.32. The van der Waals surface area contributed by atoms with Gasteiger partial charge in [0, 0.05) is 13.6 Å². The zero-order valence-electron chi connectivity index (χ0n) is 17.7. The molecule has 0 aliphatic carbocycles. The van der Waals surface area contributed by atoms with Crippen LogP contribution in [0.2, 0.25) is 0 Å². The molecule has 3 aliphatic rings. The van der Waals surface area contributed by atoms with E-state index in [1.165, 1.54) is 11.9 Å². The molecule has 3 heterocycles. The van der Waals surface area contributed by atoms with Crippen LogP contribution < -0.4 is 15.4 Å². The number of nitrogens with zero attached hydrogens (tertiary/aromatic N) is 1. The van der Waals surface area contributed by atoms with E-state index in [1.807, 2.05) is 12.1 Å². The second-order valence-electron chi connectivity index (χ2n) is 8.18. The minimum atomic E-state index is -1.23. The zero-order chi connectivity index (χ0) is 22.4. The fourth-order valence-corrected chi connectivity index (χ4v) is 5.08. The second-order valence-corrected chi connectivity index (χ2v) is 8.18. The van der Waals surface area contributed by atoms with Crippen molar-refractivity contribution in [3.8, 4) is 18.1 Å². The average molecular weight is 423 g/mol. The molecule has 5 atom stereocenters. The van der Waals surface area contributed by atoms with Gasteiger partial charge in [-0.25, -0.2) is 0 Å². The van der Waals surface area contributed by atoms with Gasteiger partial charge in [-0.2, -0.15) is 0 Å². The molecule has 2 N–H and O–H groups in total. The van der Waals surface area contributed by atoms with Gasteiger partial charge in [-0.05, 0) is 24.6 Å². The summed E-state index contributed by atoms with van der Waals surface area (Å²) < 4.78 is 11.4. The van der Waals surface area contributed by atoms with Crippen molar-refractivity contribution in [2.75, 3.05) is 20.7 Å². The number of hydrogen-bond acceptors (Lipinski definition) is 5. The van der Waals surface area contributed by atoms with Crippen LogP contribution >= 0.6 is 0 Å². The van der Waals surface area contributed by atoms with E-state index in [0.717, 1.165) is 5.56 Å². The molecule has 0 saturated carbocycles. The van der Waals surface area contributed by atoms with Crippen LogP contribution in [0, 0.1) is 24.2 Å². The van der Waals surface area contributed by atoms with E-state index in [2.05, 4.69) is 16.6 Å². The molecule has 4 rings (SSSR count). The summed E-state index contributed by atoms with van der Waals surface area (Å²) in [6, 6.07) is 6.34. The average Bonchev–Trinajstić information content (AvgIpc) is 3.33. The van der Waals surface area contributed by atoms with Gasteiger partial charge < -0.3 is 25.0 Å². The lowest BCUT2D eigenvalue weighted by Crippen LogP contribution is -2.54. The van der Waals surface area contributed by atoms with Gasteiger partial charge in [0.05, 0.1) is 31.1 Å². The molecule has 1 aromatic rings. The van der Waals surface area contributed by atoms with E-state index in [9.17, 15) is 14.4 Å². The molecular weight excluding hydrogens is 398 g/mol. The Morgan fingerprint density at radius 2 is 1.97 bits per heavy atom. The van der Waals surface area contributed by atoms with Crippen LogP contribution in [-0.4, -0.2) is 60.6 Å². The molecular formula is C23H25N3O5. The molecule has 1 aromatic carbocycles. The Kier molecular flexibility index (Phi) is 5.02. The van der Waals surface area contributed by atoms with Crippen molar-refractivity contribution < 1.29 is 23.9 Å². The molecule has 8 heteroatoms. The molecule has 8 nitrogen and oxygen atoms in total. The van der Waals surface area contributed by atoms with Gasteiger partial charge in [0.2, 0.25) is 17.7 Å². The van der Waals surface area contributed by atoms with Crippen LogP contribution in [0.4, 0.5) is 0 Å². The quantitative estimate of drug-likeness (QED) is 0.505. The highest BCUT2D eigenvalue weighted by Gasteiger charge is 2.75. The maximum atomic E-state index is 13.3. The first-order valence-electron chi connectivity index (χ1n) is 10.1. The van der Waals surface area contributed by atoms with Crippen LogP contribution in [0.15, 0.2) is 36.4 Å². The van der Waals surface area contributed by atoms with E-state index < -0.39 is 29.1 Å². The third-order valence-electron chi connectivity index (χ3n) is 6.46. The minimum absolute atomic E-state index is 0.0495. The summed E-state index contributed by atoms with van der Waals surface area (Å²) in [6.07, 6.45) is 9.02. The van der Waals surface area contributed by atoms with Crippen molar-refractivity contribution in [1.82, 2.24) is 15.5 Å². The van der Waals surface area contributed by atoms with E-state index in [-0.39, 0.29) is 30.8 Å². The summed E-state index contributed by atoms with van der Waals surface area (Å²) in [6.45, 7) is 1.98. The molecule has 2 bridgehead atoms. The molecule has 162 valence electrons. The number of carbonyl (C=O) groups excluding carboxylic acids is 3. The van der Waals surface area contributed by atoms with Crippen LogP contribution in [0.5, 0.6) is 5.75 Å². The Bertz CT molecular complexity index is 997. The third-order valence-corrected chi connectivity index (χ3v) is 6.46. The number of likely N-dealkylation sites (tertiary alicyclic amines) is 1. The van der Waals surface area contributed by atoms with Crippen LogP contribution in [0.3, 0.4) is 0 Å². The Balaban J connectivity index is 1.63. The van der Waals surface area contributed by atoms with Gasteiger partial charge in [0.25, 0.3) is 0 Å². The van der Waals surface area contributed by atoms with Crippen molar-refractivity contribution >= 4 is 17.7 Å². The summed E-state index contributed by atoms with van der Waals surface area (Å²) in [5.41, 5.74) is -1.32. The van der Waals surface area contributed by atoms with E-state index >= 15 is 0 Å². The number of hydrogen-bond donors (Lipinski definition) is 2. The van der Waals surface area contributed by atoms with Gasteiger partial charge in [-0.3, -0.25) is 14.4 Å². The monoisotopic (exact) mass is 423 g/mol. The highest BCUT2D eigenvalue weighted by molar-refractivity contribution is 6.00. The molecule has 0 aromatic heterocycles. The number of amides is 3. The zero-order valence-corrected chi connectivity index (χ0v) is 17.7. The van der Waals surface area contributed by atoms with Gasteiger partial charge >= 0.3 is 0 Å². The highest BCUT2D eigenvalue weighted by atomic mass is 16.5. The Morgan fingerprint density at radius 3 is 2.58 bits per heavy atom. The number of ether oxygens (including phenoxy) is 2. The van der Waals surface area contributed by atoms with Crippen molar-refractivity contribution in [2.45, 2.75) is 30.7 Å². The summed E-state index contributed by atoms with van der Waals surface area (Å²) in [5, 5.41) is 5.51. The van der Waals surface area contributed by atoms with Crippen LogP contribution in [0.25, 0.3) is 0 Å². The maximum Gasteiger partial charge on any atom is 0.246 e. The largest absolute Gasteiger partial charge is 0.497 e. The standard InChI is InChI=1S/C23H25N3O5/c1-5-12-26-18(20(28)25-13-14-6-8-15(30-4)9-7-14)23-11-10-22(2,31-23)16(19(27)24-3)17(23)21(26)29/h1,6-11,16-18H,12-13H2,2-4H3,(H,24,27)(H,25,28)/t16-,17+,18-,22-,23-/m1/s1. The smallest absolute Gasteiger partial charge is 0.246 e. The summed E-state index contributed by atoms with van der Waals surface area (Å²) in [5.74, 6) is 0.593. The Labute approximate surface area is 180 Å². The minimum Gasteiger partial charge on any atom is -0.497 e. The maximum absolute atomic E-state index is 13.3. The van der Waals surface area contributed by atoms with Crippen LogP contribution in [0.1, 0.15) is 12.5 Å². The van der Waals surface area contributed by atoms with E-state index in [0.29, 0.717) is 5.75 Å². The predicted molar refractivity (Wildman–Crippen MR) is 112 cm³/mol. The van der Waals surface area contributed by atoms with Crippen LogP contribution in [-0.2, 0) is 25.7 Å². The lowest BCUT2D eigenvalue weighted by molar-refractivity contribution is -0.144. The Morgan fingerprint density at radius 1 is 1.26 bits per heavy atom. The van der Waals surface area contributed by atoms with Crippen molar-refractivity contribution in [3.63, 3.8) is 0 Å². The fraction of sp³-hybridized carbons (Fsp3) is 0.435. The molecule has 2 saturated heterocycles. The summed E-state index contributed by atoms with van der Waals surface area (Å²) >= 11 is 0.